The smallest absolute Gasteiger partial charge is 0.279 e. The highest BCUT2D eigenvalue weighted by Gasteiger charge is 2.32. The fourth-order valence-corrected chi connectivity index (χ4v) is 4.12. The first kappa shape index (κ1) is 19.5. The van der Waals surface area contributed by atoms with Crippen LogP contribution in [0.25, 0.3) is 0 Å². The summed E-state index contributed by atoms with van der Waals surface area (Å²) in [7, 11) is 0. The Morgan fingerprint density at radius 3 is 2.55 bits per heavy atom. The van der Waals surface area contributed by atoms with Gasteiger partial charge in [-0.2, -0.15) is 0 Å². The molecular weight excluding hydrogens is 368 g/mol. The van der Waals surface area contributed by atoms with Crippen molar-refractivity contribution >= 4 is 17.4 Å². The van der Waals surface area contributed by atoms with Crippen LogP contribution in [0.1, 0.15) is 48.1 Å². The van der Waals surface area contributed by atoms with E-state index in [2.05, 4.69) is 17.4 Å². The zero-order valence-corrected chi connectivity index (χ0v) is 16.7. The molecule has 0 bridgehead atoms. The molecule has 29 heavy (non-hydrogen) atoms. The van der Waals surface area contributed by atoms with E-state index in [0.29, 0.717) is 31.0 Å². The first-order valence-electron chi connectivity index (χ1n) is 10.2. The summed E-state index contributed by atoms with van der Waals surface area (Å²) in [5.41, 5.74) is 2.55. The lowest BCUT2D eigenvalue weighted by molar-refractivity contribution is -0.910. The normalized spacial score (nSPS) is 20.7. The minimum atomic E-state index is -0.0168. The van der Waals surface area contributed by atoms with Crippen LogP contribution in [0.2, 0.25) is 0 Å². The van der Waals surface area contributed by atoms with Gasteiger partial charge < -0.3 is 19.7 Å². The number of likely N-dealkylation sites (tertiary alicyclic amines) is 1. The van der Waals surface area contributed by atoms with Gasteiger partial charge >= 0.3 is 0 Å². The Bertz CT molecular complexity index is 894. The van der Waals surface area contributed by atoms with E-state index in [1.165, 1.54) is 17.4 Å². The van der Waals surface area contributed by atoms with E-state index in [9.17, 15) is 9.59 Å². The fraction of sp³-hybridized carbons (Fsp3) is 0.391. The Balaban J connectivity index is 1.41. The maximum Gasteiger partial charge on any atom is 0.279 e. The summed E-state index contributed by atoms with van der Waals surface area (Å²) in [5.74, 6) is 1.61. The van der Waals surface area contributed by atoms with Gasteiger partial charge in [0.1, 0.15) is 6.04 Å². The van der Waals surface area contributed by atoms with Gasteiger partial charge in [0.25, 0.3) is 5.91 Å². The van der Waals surface area contributed by atoms with E-state index in [0.717, 1.165) is 37.3 Å². The molecule has 2 atom stereocenters. The number of carbonyl (C=O) groups is 2. The number of rotatable bonds is 5. The Kier molecular flexibility index (Phi) is 5.81. The summed E-state index contributed by atoms with van der Waals surface area (Å²) < 4.78 is 11.6. The monoisotopic (exact) mass is 395 g/mol. The molecule has 1 fully saturated rings. The molecule has 6 heteroatoms. The Morgan fingerprint density at radius 2 is 1.79 bits per heavy atom. The van der Waals surface area contributed by atoms with E-state index in [4.69, 9.17) is 9.47 Å². The highest BCUT2D eigenvalue weighted by atomic mass is 16.5. The Hall–Kier alpha value is -2.86. The SMILES string of the molecule is CC(=O)c1ccc(NC(=O)C[NH+]2CCC[C@@H]2c2ccc3c(c2)OCCCO3)cc1. The van der Waals surface area contributed by atoms with E-state index < -0.39 is 0 Å². The highest BCUT2D eigenvalue weighted by molar-refractivity contribution is 5.95. The molecule has 1 unspecified atom stereocenters. The van der Waals surface area contributed by atoms with Gasteiger partial charge in [0.05, 0.1) is 19.8 Å². The summed E-state index contributed by atoms with van der Waals surface area (Å²) in [4.78, 5) is 25.2. The van der Waals surface area contributed by atoms with E-state index in [-0.39, 0.29) is 17.7 Å². The first-order valence-corrected chi connectivity index (χ1v) is 10.2. The molecule has 2 N–H and O–H groups in total. The third-order valence-electron chi connectivity index (χ3n) is 5.62. The molecule has 2 aliphatic rings. The van der Waals surface area contributed by atoms with Crippen LogP contribution in [0, 0.1) is 0 Å². The van der Waals surface area contributed by atoms with Crippen LogP contribution < -0.4 is 19.7 Å². The van der Waals surface area contributed by atoms with Gasteiger partial charge in [-0.15, -0.1) is 0 Å². The van der Waals surface area contributed by atoms with Crippen LogP contribution >= 0.6 is 0 Å². The number of nitrogens with one attached hydrogen (secondary N) is 2. The molecule has 0 aromatic heterocycles. The second-order valence-corrected chi connectivity index (χ2v) is 7.72. The number of ether oxygens (including phenoxy) is 2. The van der Waals surface area contributed by atoms with Crippen LogP contribution in [0.15, 0.2) is 42.5 Å². The van der Waals surface area contributed by atoms with Gasteiger partial charge in [-0.3, -0.25) is 9.59 Å². The topological polar surface area (TPSA) is 69.1 Å². The maximum atomic E-state index is 12.6. The molecule has 2 aromatic rings. The number of carbonyl (C=O) groups excluding carboxylic acids is 2. The molecule has 6 nitrogen and oxygen atoms in total. The van der Waals surface area contributed by atoms with Crippen molar-refractivity contribution in [2.75, 3.05) is 31.6 Å². The fourth-order valence-electron chi connectivity index (χ4n) is 4.12. The van der Waals surface area contributed by atoms with Gasteiger partial charge in [-0.25, -0.2) is 0 Å². The van der Waals surface area contributed by atoms with Crippen molar-refractivity contribution in [1.29, 1.82) is 0 Å². The van der Waals surface area contributed by atoms with Gasteiger partial charge in [0.2, 0.25) is 0 Å². The highest BCUT2D eigenvalue weighted by Crippen LogP contribution is 2.33. The number of ketones is 1. The lowest BCUT2D eigenvalue weighted by Gasteiger charge is -2.22. The van der Waals surface area contributed by atoms with Crippen molar-refractivity contribution < 1.29 is 24.0 Å². The number of benzene rings is 2. The molecule has 2 aromatic carbocycles. The molecule has 2 aliphatic heterocycles. The minimum absolute atomic E-state index is 0.0161. The van der Waals surface area contributed by atoms with Crippen LogP contribution in [0.4, 0.5) is 5.69 Å². The van der Waals surface area contributed by atoms with Crippen molar-refractivity contribution in [1.82, 2.24) is 0 Å². The number of hydrogen-bond donors (Lipinski definition) is 2. The molecular formula is C23H27N2O4+. The summed E-state index contributed by atoms with van der Waals surface area (Å²) in [6.07, 6.45) is 3.03. The second-order valence-electron chi connectivity index (χ2n) is 7.72. The molecule has 1 saturated heterocycles. The molecule has 0 saturated carbocycles. The molecule has 0 aliphatic carbocycles. The quantitative estimate of drug-likeness (QED) is 0.763. The van der Waals surface area contributed by atoms with Crippen LogP contribution in [-0.4, -0.2) is 38.0 Å². The predicted octanol–water partition coefficient (Wildman–Crippen LogP) is 2.41. The van der Waals surface area contributed by atoms with Crippen LogP contribution in [0.3, 0.4) is 0 Å². The zero-order chi connectivity index (χ0) is 20.2. The van der Waals surface area contributed by atoms with Crippen molar-refractivity contribution in [3.63, 3.8) is 0 Å². The van der Waals surface area contributed by atoms with E-state index in [1.807, 2.05) is 6.07 Å². The summed E-state index contributed by atoms with van der Waals surface area (Å²) in [5, 5.41) is 2.95. The van der Waals surface area contributed by atoms with Gasteiger partial charge in [0, 0.05) is 36.1 Å². The number of Topliss-reactive ketones (excluding diaryl/α,β-unsaturated/α-hetero) is 1. The van der Waals surface area contributed by atoms with Crippen molar-refractivity contribution in [2.45, 2.75) is 32.2 Å². The maximum absolute atomic E-state index is 12.6. The number of anilines is 1. The lowest BCUT2D eigenvalue weighted by atomic mass is 10.0. The molecule has 0 spiro atoms. The minimum Gasteiger partial charge on any atom is -0.490 e. The first-order chi connectivity index (χ1) is 14.1. The summed E-state index contributed by atoms with van der Waals surface area (Å²) in [6, 6.07) is 13.5. The lowest BCUT2D eigenvalue weighted by Crippen LogP contribution is -3.11. The van der Waals surface area contributed by atoms with Crippen LogP contribution in [0.5, 0.6) is 11.5 Å². The molecule has 4 rings (SSSR count). The standard InChI is InChI=1S/C23H26N2O4/c1-16(26)17-5-8-19(9-6-17)24-23(27)15-25-11-2-4-20(25)18-7-10-21-22(14-18)29-13-3-12-28-21/h5-10,14,20H,2-4,11-13,15H2,1H3,(H,24,27)/p+1/t20-/m1/s1. The number of amides is 1. The molecule has 1 amide bonds. The number of hydrogen-bond acceptors (Lipinski definition) is 4. The summed E-state index contributed by atoms with van der Waals surface area (Å²) >= 11 is 0. The average Bonchev–Trinajstić information content (AvgIpc) is 3.03. The van der Waals surface area contributed by atoms with E-state index >= 15 is 0 Å². The Morgan fingerprint density at radius 1 is 1.03 bits per heavy atom. The van der Waals surface area contributed by atoms with Gasteiger partial charge in [0.15, 0.2) is 23.8 Å². The van der Waals surface area contributed by atoms with Crippen molar-refractivity contribution in [3.05, 3.63) is 53.6 Å². The molecule has 2 heterocycles. The third kappa shape index (κ3) is 4.59. The number of quaternary nitrogens is 1. The number of fused-ring (bicyclic) bond motifs is 1. The van der Waals surface area contributed by atoms with Crippen molar-refractivity contribution in [3.8, 4) is 11.5 Å². The predicted molar refractivity (Wildman–Crippen MR) is 110 cm³/mol. The van der Waals surface area contributed by atoms with Gasteiger partial charge in [-0.05, 0) is 49.4 Å². The molecule has 0 radical (unpaired) electrons. The third-order valence-corrected chi connectivity index (χ3v) is 5.62. The zero-order valence-electron chi connectivity index (χ0n) is 16.7. The van der Waals surface area contributed by atoms with Crippen LogP contribution in [-0.2, 0) is 4.79 Å². The largest absolute Gasteiger partial charge is 0.490 e. The van der Waals surface area contributed by atoms with Crippen molar-refractivity contribution in [2.24, 2.45) is 0 Å². The molecule has 152 valence electrons. The Labute approximate surface area is 170 Å². The average molecular weight is 395 g/mol. The second kappa shape index (κ2) is 8.66. The van der Waals surface area contributed by atoms with Gasteiger partial charge in [-0.1, -0.05) is 0 Å². The van der Waals surface area contributed by atoms with E-state index in [1.54, 1.807) is 24.3 Å². The summed E-state index contributed by atoms with van der Waals surface area (Å²) in [6.45, 7) is 4.26.